The van der Waals surface area contributed by atoms with E-state index in [9.17, 15) is 4.79 Å². The van der Waals surface area contributed by atoms with E-state index >= 15 is 0 Å². The van der Waals surface area contributed by atoms with E-state index in [0.29, 0.717) is 5.56 Å². The fourth-order valence-electron chi connectivity index (χ4n) is 2.19. The normalized spacial score (nSPS) is 11.4. The molecular weight excluding hydrogens is 274 g/mol. The lowest BCUT2D eigenvalue weighted by atomic mass is 10.1. The van der Waals surface area contributed by atoms with Gasteiger partial charge in [-0.05, 0) is 42.0 Å². The van der Waals surface area contributed by atoms with Gasteiger partial charge in [0.25, 0.3) is 5.91 Å². The van der Waals surface area contributed by atoms with Gasteiger partial charge in [-0.2, -0.15) is 5.10 Å². The highest BCUT2D eigenvalue weighted by Gasteiger charge is 2.06. The zero-order valence-electron chi connectivity index (χ0n) is 12.2. The van der Waals surface area contributed by atoms with Crippen LogP contribution in [0.2, 0.25) is 0 Å². The molecule has 3 aromatic rings. The van der Waals surface area contributed by atoms with Gasteiger partial charge >= 0.3 is 0 Å². The molecule has 4 nitrogen and oxygen atoms in total. The van der Waals surface area contributed by atoms with Crippen LogP contribution in [0.3, 0.4) is 0 Å². The van der Waals surface area contributed by atoms with E-state index in [1.807, 2.05) is 55.5 Å². The average molecular weight is 289 g/mol. The van der Waals surface area contributed by atoms with Gasteiger partial charge in [0, 0.05) is 23.5 Å². The Labute approximate surface area is 128 Å². The summed E-state index contributed by atoms with van der Waals surface area (Å²) in [5, 5.41) is 6.28. The number of carbonyl (C=O) groups is 1. The standard InChI is InChI=1S/C18H15N3O/c1-13(14-8-10-19-11-9-14)20-21-18(22)17-7-6-15-4-2-3-5-16(15)12-17/h2-12H,1H3,(H,21,22). The van der Waals surface area contributed by atoms with E-state index in [4.69, 9.17) is 0 Å². The smallest absolute Gasteiger partial charge is 0.267 e. The van der Waals surface area contributed by atoms with Crippen molar-refractivity contribution in [3.05, 3.63) is 78.1 Å². The van der Waals surface area contributed by atoms with E-state index in [-0.39, 0.29) is 5.91 Å². The Morgan fingerprint density at radius 2 is 1.68 bits per heavy atom. The number of hydrogen-bond acceptors (Lipinski definition) is 3. The SMILES string of the molecule is CC(=NNC(=O)c1ccc2ccccc2c1)c1ccncc1. The summed E-state index contributed by atoms with van der Waals surface area (Å²) in [6.45, 7) is 1.84. The average Bonchev–Trinajstić information content (AvgIpc) is 2.59. The fraction of sp³-hybridized carbons (Fsp3) is 0.0556. The van der Waals surface area contributed by atoms with Crippen LogP contribution in [0.25, 0.3) is 10.8 Å². The number of nitrogens with one attached hydrogen (secondary N) is 1. The molecule has 0 aliphatic rings. The van der Waals surface area contributed by atoms with E-state index < -0.39 is 0 Å². The monoisotopic (exact) mass is 289 g/mol. The van der Waals surface area contributed by atoms with Crippen LogP contribution in [-0.4, -0.2) is 16.6 Å². The first-order chi connectivity index (χ1) is 10.7. The number of pyridine rings is 1. The Balaban J connectivity index is 1.78. The number of fused-ring (bicyclic) bond motifs is 1. The van der Waals surface area contributed by atoms with Crippen molar-refractivity contribution >= 4 is 22.4 Å². The Kier molecular flexibility index (Phi) is 3.92. The number of aromatic nitrogens is 1. The van der Waals surface area contributed by atoms with Crippen LogP contribution in [0.1, 0.15) is 22.8 Å². The lowest BCUT2D eigenvalue weighted by Gasteiger charge is -2.04. The molecule has 1 N–H and O–H groups in total. The largest absolute Gasteiger partial charge is 0.271 e. The van der Waals surface area contributed by atoms with Crippen molar-refractivity contribution in [3.8, 4) is 0 Å². The molecule has 0 spiro atoms. The third-order valence-electron chi connectivity index (χ3n) is 3.43. The predicted octanol–water partition coefficient (Wildman–Crippen LogP) is 3.39. The van der Waals surface area contributed by atoms with Crippen molar-refractivity contribution in [3.63, 3.8) is 0 Å². The van der Waals surface area contributed by atoms with Crippen LogP contribution in [0.4, 0.5) is 0 Å². The Bertz CT molecular complexity index is 841. The molecule has 0 aliphatic carbocycles. The maximum absolute atomic E-state index is 12.2. The van der Waals surface area contributed by atoms with Crippen LogP contribution < -0.4 is 5.43 Å². The van der Waals surface area contributed by atoms with Gasteiger partial charge in [-0.1, -0.05) is 30.3 Å². The number of carbonyl (C=O) groups excluding carboxylic acids is 1. The zero-order chi connectivity index (χ0) is 15.4. The maximum Gasteiger partial charge on any atom is 0.271 e. The molecule has 0 radical (unpaired) electrons. The van der Waals surface area contributed by atoms with Gasteiger partial charge in [-0.3, -0.25) is 9.78 Å². The molecule has 1 amide bonds. The zero-order valence-corrected chi connectivity index (χ0v) is 12.2. The second-order valence-corrected chi connectivity index (χ2v) is 4.94. The molecule has 3 rings (SSSR count). The van der Waals surface area contributed by atoms with Crippen LogP contribution >= 0.6 is 0 Å². The first-order valence-corrected chi connectivity index (χ1v) is 6.98. The molecule has 0 atom stereocenters. The van der Waals surface area contributed by atoms with Gasteiger partial charge in [0.1, 0.15) is 0 Å². The maximum atomic E-state index is 12.2. The summed E-state index contributed by atoms with van der Waals surface area (Å²) in [7, 11) is 0. The summed E-state index contributed by atoms with van der Waals surface area (Å²) in [6, 6.07) is 17.2. The van der Waals surface area contributed by atoms with Crippen molar-refractivity contribution in [2.75, 3.05) is 0 Å². The molecule has 4 heteroatoms. The second kappa shape index (κ2) is 6.18. The molecule has 0 aliphatic heterocycles. The van der Waals surface area contributed by atoms with Crippen molar-refractivity contribution in [1.82, 2.24) is 10.4 Å². The Morgan fingerprint density at radius 3 is 2.45 bits per heavy atom. The van der Waals surface area contributed by atoms with Gasteiger partial charge in [0.2, 0.25) is 0 Å². The minimum absolute atomic E-state index is 0.223. The highest BCUT2D eigenvalue weighted by molar-refractivity contribution is 6.02. The van der Waals surface area contributed by atoms with Crippen molar-refractivity contribution in [1.29, 1.82) is 0 Å². The second-order valence-electron chi connectivity index (χ2n) is 4.94. The highest BCUT2D eigenvalue weighted by Crippen LogP contribution is 2.15. The highest BCUT2D eigenvalue weighted by atomic mass is 16.2. The third kappa shape index (κ3) is 3.01. The van der Waals surface area contributed by atoms with Crippen LogP contribution in [0.15, 0.2) is 72.1 Å². The number of rotatable bonds is 3. The van der Waals surface area contributed by atoms with Gasteiger partial charge < -0.3 is 0 Å². The number of hydrazone groups is 1. The topological polar surface area (TPSA) is 54.4 Å². The van der Waals surface area contributed by atoms with Crippen molar-refractivity contribution in [2.45, 2.75) is 6.92 Å². The molecule has 2 aromatic carbocycles. The molecule has 0 fully saturated rings. The van der Waals surface area contributed by atoms with Crippen molar-refractivity contribution < 1.29 is 4.79 Å². The number of benzene rings is 2. The summed E-state index contributed by atoms with van der Waals surface area (Å²) in [5.74, 6) is -0.223. The first-order valence-electron chi connectivity index (χ1n) is 6.98. The minimum Gasteiger partial charge on any atom is -0.267 e. The minimum atomic E-state index is -0.223. The first kappa shape index (κ1) is 13.9. The van der Waals surface area contributed by atoms with Gasteiger partial charge in [-0.15, -0.1) is 0 Å². The quantitative estimate of drug-likeness (QED) is 0.593. The fourth-order valence-corrected chi connectivity index (χ4v) is 2.19. The molecule has 22 heavy (non-hydrogen) atoms. The van der Waals surface area contributed by atoms with Gasteiger partial charge in [0.05, 0.1) is 5.71 Å². The predicted molar refractivity (Wildman–Crippen MR) is 87.9 cm³/mol. The molecule has 1 aromatic heterocycles. The van der Waals surface area contributed by atoms with E-state index in [2.05, 4.69) is 15.5 Å². The lowest BCUT2D eigenvalue weighted by Crippen LogP contribution is -2.19. The van der Waals surface area contributed by atoms with Gasteiger partial charge in [-0.25, -0.2) is 5.43 Å². The summed E-state index contributed by atoms with van der Waals surface area (Å²) in [4.78, 5) is 16.2. The van der Waals surface area contributed by atoms with E-state index in [0.717, 1.165) is 22.0 Å². The lowest BCUT2D eigenvalue weighted by molar-refractivity contribution is 0.0955. The molecule has 0 saturated heterocycles. The Morgan fingerprint density at radius 1 is 0.955 bits per heavy atom. The molecule has 0 bridgehead atoms. The van der Waals surface area contributed by atoms with E-state index in [1.165, 1.54) is 0 Å². The van der Waals surface area contributed by atoms with Crippen LogP contribution in [0.5, 0.6) is 0 Å². The van der Waals surface area contributed by atoms with Crippen LogP contribution in [-0.2, 0) is 0 Å². The van der Waals surface area contributed by atoms with Gasteiger partial charge in [0.15, 0.2) is 0 Å². The number of hydrogen-bond donors (Lipinski definition) is 1. The summed E-state index contributed by atoms with van der Waals surface area (Å²) < 4.78 is 0. The summed E-state index contributed by atoms with van der Waals surface area (Å²) >= 11 is 0. The van der Waals surface area contributed by atoms with E-state index in [1.54, 1.807) is 18.5 Å². The summed E-state index contributed by atoms with van der Waals surface area (Å²) in [5.41, 5.74) is 4.84. The van der Waals surface area contributed by atoms with Crippen molar-refractivity contribution in [2.24, 2.45) is 5.10 Å². The Hall–Kier alpha value is -3.01. The molecular formula is C18H15N3O. The molecule has 0 saturated carbocycles. The molecule has 0 unspecified atom stereocenters. The number of nitrogens with zero attached hydrogens (tertiary/aromatic N) is 2. The number of amides is 1. The third-order valence-corrected chi connectivity index (χ3v) is 3.43. The molecule has 108 valence electrons. The summed E-state index contributed by atoms with van der Waals surface area (Å²) in [6.07, 6.45) is 3.39. The molecule has 1 heterocycles. The van der Waals surface area contributed by atoms with Crippen LogP contribution in [0, 0.1) is 0 Å².